The van der Waals surface area contributed by atoms with Gasteiger partial charge in [-0.1, -0.05) is 44.7 Å². The van der Waals surface area contributed by atoms with Gasteiger partial charge in [-0.05, 0) is 24.1 Å². The van der Waals surface area contributed by atoms with Crippen molar-refractivity contribution < 1.29 is 19.1 Å². The average molecular weight is 295 g/mol. The summed E-state index contributed by atoms with van der Waals surface area (Å²) in [5, 5.41) is 11.6. The lowest BCUT2D eigenvalue weighted by molar-refractivity contribution is -0.142. The largest absolute Gasteiger partial charge is 0.480 e. The first-order valence-electron chi connectivity index (χ1n) is 7.29. The normalized spacial score (nSPS) is 11.9. The van der Waals surface area contributed by atoms with Crippen molar-refractivity contribution in [2.75, 3.05) is 0 Å². The fraction of sp³-hybridized carbons (Fsp3) is 0.500. The van der Waals surface area contributed by atoms with Crippen molar-refractivity contribution in [3.8, 4) is 0 Å². The summed E-state index contributed by atoms with van der Waals surface area (Å²) in [4.78, 5) is 23.0. The Morgan fingerprint density at radius 3 is 2.67 bits per heavy atom. The molecule has 0 spiro atoms. The third kappa shape index (κ3) is 6.88. The Morgan fingerprint density at radius 2 is 2.05 bits per heavy atom. The van der Waals surface area contributed by atoms with E-state index in [4.69, 9.17) is 5.11 Å². The molecule has 0 unspecified atom stereocenters. The number of hydrogen-bond donors (Lipinski definition) is 2. The van der Waals surface area contributed by atoms with E-state index in [-0.39, 0.29) is 6.42 Å². The van der Waals surface area contributed by atoms with Gasteiger partial charge in [-0.25, -0.2) is 9.18 Å². The van der Waals surface area contributed by atoms with Crippen LogP contribution in [0.25, 0.3) is 0 Å². The van der Waals surface area contributed by atoms with E-state index >= 15 is 0 Å². The van der Waals surface area contributed by atoms with Crippen LogP contribution in [-0.4, -0.2) is 23.0 Å². The van der Waals surface area contributed by atoms with Crippen LogP contribution in [0.5, 0.6) is 0 Å². The summed E-state index contributed by atoms with van der Waals surface area (Å²) < 4.78 is 13.0. The molecule has 2 N–H and O–H groups in total. The first-order chi connectivity index (χ1) is 10.0. The molecule has 0 heterocycles. The lowest BCUT2D eigenvalue weighted by Crippen LogP contribution is -2.41. The van der Waals surface area contributed by atoms with Crippen molar-refractivity contribution in [2.24, 2.45) is 0 Å². The van der Waals surface area contributed by atoms with Crippen LogP contribution >= 0.6 is 0 Å². The summed E-state index contributed by atoms with van der Waals surface area (Å²) in [6.45, 7) is 2.08. The first kappa shape index (κ1) is 17.1. The minimum absolute atomic E-state index is 0.0174. The summed E-state index contributed by atoms with van der Waals surface area (Å²) >= 11 is 0. The third-order valence-electron chi connectivity index (χ3n) is 3.23. The molecule has 5 heteroatoms. The number of carboxylic acid groups (broad SMARTS) is 1. The van der Waals surface area contributed by atoms with Gasteiger partial charge in [-0.3, -0.25) is 4.79 Å². The molecule has 1 rings (SSSR count). The molecule has 1 atom stereocenters. The Hall–Kier alpha value is -1.91. The molecule has 0 bridgehead atoms. The van der Waals surface area contributed by atoms with Gasteiger partial charge in [0, 0.05) is 0 Å². The smallest absolute Gasteiger partial charge is 0.326 e. The molecular weight excluding hydrogens is 273 g/mol. The summed E-state index contributed by atoms with van der Waals surface area (Å²) in [5.74, 6) is -1.84. The number of unbranched alkanes of at least 4 members (excludes halogenated alkanes) is 3. The number of carbonyl (C=O) groups is 2. The van der Waals surface area contributed by atoms with Crippen molar-refractivity contribution in [2.45, 2.75) is 51.5 Å². The lowest BCUT2D eigenvalue weighted by atomic mass is 10.1. The van der Waals surface area contributed by atoms with E-state index in [0.717, 1.165) is 25.7 Å². The number of aliphatic carboxylic acids is 1. The molecule has 1 aromatic carbocycles. The predicted octanol–water partition coefficient (Wildman–Crippen LogP) is 2.91. The zero-order valence-electron chi connectivity index (χ0n) is 12.3. The second kappa shape index (κ2) is 9.10. The maximum absolute atomic E-state index is 13.0. The SMILES string of the molecule is CCCCCC[C@H](NC(=O)Cc1cccc(F)c1)C(=O)O. The maximum atomic E-state index is 13.0. The van der Waals surface area contributed by atoms with E-state index < -0.39 is 23.7 Å². The van der Waals surface area contributed by atoms with E-state index in [2.05, 4.69) is 12.2 Å². The highest BCUT2D eigenvalue weighted by Crippen LogP contribution is 2.08. The quantitative estimate of drug-likeness (QED) is 0.688. The highest BCUT2D eigenvalue weighted by atomic mass is 19.1. The summed E-state index contributed by atoms with van der Waals surface area (Å²) in [6, 6.07) is 4.87. The van der Waals surface area contributed by atoms with Crippen LogP contribution in [0.4, 0.5) is 4.39 Å². The molecule has 21 heavy (non-hydrogen) atoms. The van der Waals surface area contributed by atoms with Crippen LogP contribution in [0.2, 0.25) is 0 Å². The highest BCUT2D eigenvalue weighted by molar-refractivity contribution is 5.84. The number of halogens is 1. The van der Waals surface area contributed by atoms with Crippen molar-refractivity contribution >= 4 is 11.9 Å². The van der Waals surface area contributed by atoms with E-state index in [9.17, 15) is 14.0 Å². The maximum Gasteiger partial charge on any atom is 0.326 e. The Balaban J connectivity index is 2.46. The van der Waals surface area contributed by atoms with Crippen LogP contribution in [-0.2, 0) is 16.0 Å². The van der Waals surface area contributed by atoms with Crippen LogP contribution in [0.3, 0.4) is 0 Å². The average Bonchev–Trinajstić information content (AvgIpc) is 2.42. The standard InChI is InChI=1S/C16H22FNO3/c1-2-3-4-5-9-14(16(20)21)18-15(19)11-12-7-6-8-13(17)10-12/h6-8,10,14H,2-5,9,11H2,1H3,(H,18,19)(H,20,21)/t14-/m0/s1. The topological polar surface area (TPSA) is 66.4 Å². The van der Waals surface area contributed by atoms with Gasteiger partial charge in [0.1, 0.15) is 11.9 Å². The van der Waals surface area contributed by atoms with Gasteiger partial charge in [0.05, 0.1) is 6.42 Å². The fourth-order valence-corrected chi connectivity index (χ4v) is 2.11. The third-order valence-corrected chi connectivity index (χ3v) is 3.23. The van der Waals surface area contributed by atoms with Gasteiger partial charge in [0.25, 0.3) is 0 Å². The Labute approximate surface area is 124 Å². The van der Waals surface area contributed by atoms with Crippen molar-refractivity contribution in [1.82, 2.24) is 5.32 Å². The molecule has 0 aromatic heterocycles. The molecule has 1 amide bonds. The van der Waals surface area contributed by atoms with Gasteiger partial charge in [-0.15, -0.1) is 0 Å². The summed E-state index contributed by atoms with van der Waals surface area (Å²) in [6.07, 6.45) is 4.26. The first-order valence-corrected chi connectivity index (χ1v) is 7.29. The molecule has 0 aliphatic heterocycles. The summed E-state index contributed by atoms with van der Waals surface area (Å²) in [7, 11) is 0. The van der Waals surface area contributed by atoms with Crippen LogP contribution < -0.4 is 5.32 Å². The molecule has 116 valence electrons. The number of benzene rings is 1. The van der Waals surface area contributed by atoms with Crippen molar-refractivity contribution in [3.05, 3.63) is 35.6 Å². The van der Waals surface area contributed by atoms with E-state index in [0.29, 0.717) is 12.0 Å². The number of amides is 1. The number of carboxylic acids is 1. The Morgan fingerprint density at radius 1 is 1.29 bits per heavy atom. The fourth-order valence-electron chi connectivity index (χ4n) is 2.11. The van der Waals surface area contributed by atoms with Gasteiger partial charge < -0.3 is 10.4 Å². The minimum atomic E-state index is -1.03. The number of nitrogens with one attached hydrogen (secondary N) is 1. The number of rotatable bonds is 9. The zero-order valence-corrected chi connectivity index (χ0v) is 12.3. The number of carbonyl (C=O) groups excluding carboxylic acids is 1. The van der Waals surface area contributed by atoms with Crippen molar-refractivity contribution in [3.63, 3.8) is 0 Å². The predicted molar refractivity (Wildman–Crippen MR) is 78.4 cm³/mol. The van der Waals surface area contributed by atoms with Crippen LogP contribution in [0, 0.1) is 5.82 Å². The monoisotopic (exact) mass is 295 g/mol. The van der Waals surface area contributed by atoms with Crippen LogP contribution in [0.15, 0.2) is 24.3 Å². The van der Waals surface area contributed by atoms with Gasteiger partial charge in [0.2, 0.25) is 5.91 Å². The molecular formula is C16H22FNO3. The molecule has 0 aliphatic carbocycles. The van der Waals surface area contributed by atoms with E-state index in [1.807, 2.05) is 0 Å². The molecule has 0 radical (unpaired) electrons. The Kier molecular flexibility index (Phi) is 7.43. The summed E-state index contributed by atoms with van der Waals surface area (Å²) in [5.41, 5.74) is 0.530. The molecule has 1 aromatic rings. The number of hydrogen-bond acceptors (Lipinski definition) is 2. The second-order valence-corrected chi connectivity index (χ2v) is 5.11. The molecule has 0 aliphatic rings. The van der Waals surface area contributed by atoms with E-state index in [1.165, 1.54) is 18.2 Å². The molecule has 0 fully saturated rings. The van der Waals surface area contributed by atoms with Gasteiger partial charge in [0.15, 0.2) is 0 Å². The van der Waals surface area contributed by atoms with Gasteiger partial charge >= 0.3 is 5.97 Å². The molecule has 0 saturated carbocycles. The van der Waals surface area contributed by atoms with E-state index in [1.54, 1.807) is 6.07 Å². The zero-order chi connectivity index (χ0) is 15.7. The second-order valence-electron chi connectivity index (χ2n) is 5.11. The molecule has 4 nitrogen and oxygen atoms in total. The Bertz CT molecular complexity index is 476. The van der Waals surface area contributed by atoms with Crippen LogP contribution in [0.1, 0.15) is 44.6 Å². The molecule has 0 saturated heterocycles. The van der Waals surface area contributed by atoms with Gasteiger partial charge in [-0.2, -0.15) is 0 Å². The van der Waals surface area contributed by atoms with Crippen molar-refractivity contribution in [1.29, 1.82) is 0 Å². The highest BCUT2D eigenvalue weighted by Gasteiger charge is 2.19. The lowest BCUT2D eigenvalue weighted by Gasteiger charge is -2.14. The minimum Gasteiger partial charge on any atom is -0.480 e.